The van der Waals surface area contributed by atoms with Gasteiger partial charge in [-0.2, -0.15) is 15.3 Å². The summed E-state index contributed by atoms with van der Waals surface area (Å²) in [5, 5.41) is 15.3. The quantitative estimate of drug-likeness (QED) is 0.521. The number of hydrogen-bond acceptors (Lipinski definition) is 5. The van der Waals surface area contributed by atoms with Crippen molar-refractivity contribution in [3.8, 4) is 0 Å². The van der Waals surface area contributed by atoms with Crippen molar-refractivity contribution in [2.24, 2.45) is 20.4 Å². The van der Waals surface area contributed by atoms with E-state index in [2.05, 4.69) is 20.4 Å². The zero-order valence-corrected chi connectivity index (χ0v) is 6.06. The topological polar surface area (TPSA) is 58.7 Å². The molecule has 0 atom stereocenters. The average molecular weight is 160 g/mol. The van der Waals surface area contributed by atoms with Gasteiger partial charge in [0.15, 0.2) is 5.76 Å². The van der Waals surface area contributed by atoms with Gasteiger partial charge in [0.05, 0.1) is 18.0 Å². The first-order chi connectivity index (χ1) is 5.95. The Hall–Kier alpha value is -1.78. The van der Waals surface area contributed by atoms with Gasteiger partial charge in [0.1, 0.15) is 18.0 Å². The first kappa shape index (κ1) is 5.82. The summed E-state index contributed by atoms with van der Waals surface area (Å²) < 4.78 is 5.32. The molecule has 0 bridgehead atoms. The van der Waals surface area contributed by atoms with E-state index in [0.717, 1.165) is 22.7 Å². The van der Waals surface area contributed by atoms with Gasteiger partial charge in [-0.25, -0.2) is 0 Å². The Morgan fingerprint density at radius 3 is 3.42 bits per heavy atom. The van der Waals surface area contributed by atoms with E-state index in [9.17, 15) is 0 Å². The van der Waals surface area contributed by atoms with Gasteiger partial charge in [0.2, 0.25) is 0 Å². The molecule has 5 nitrogen and oxygen atoms in total. The lowest BCUT2D eigenvalue weighted by Gasteiger charge is -2.13. The van der Waals surface area contributed by atoms with Crippen molar-refractivity contribution < 1.29 is 4.74 Å². The third-order valence-corrected chi connectivity index (χ3v) is 1.86. The Balaban J connectivity index is 2.26. The highest BCUT2D eigenvalue weighted by atomic mass is 16.5. The second-order valence-corrected chi connectivity index (χ2v) is 2.55. The molecule has 58 valence electrons. The fourth-order valence-electron chi connectivity index (χ4n) is 1.28. The van der Waals surface area contributed by atoms with Crippen LogP contribution in [0.5, 0.6) is 0 Å². The van der Waals surface area contributed by atoms with E-state index in [1.165, 1.54) is 0 Å². The largest absolute Gasteiger partial charge is 0.483 e. The third-order valence-electron chi connectivity index (χ3n) is 1.86. The minimum Gasteiger partial charge on any atom is -0.483 e. The minimum absolute atomic E-state index is 0.468. The third kappa shape index (κ3) is 0.578. The van der Waals surface area contributed by atoms with Crippen molar-refractivity contribution in [2.75, 3.05) is 6.61 Å². The van der Waals surface area contributed by atoms with Gasteiger partial charge in [0, 0.05) is 0 Å². The van der Waals surface area contributed by atoms with Gasteiger partial charge >= 0.3 is 0 Å². The van der Waals surface area contributed by atoms with E-state index in [1.54, 1.807) is 12.4 Å². The molecule has 3 aliphatic rings. The van der Waals surface area contributed by atoms with Gasteiger partial charge in [-0.3, -0.25) is 0 Å². The average Bonchev–Trinajstić information content (AvgIpc) is 2.71. The maximum absolute atomic E-state index is 5.32. The second kappa shape index (κ2) is 1.88. The molecule has 0 aromatic carbocycles. The summed E-state index contributed by atoms with van der Waals surface area (Å²) in [6.45, 7) is 0.468. The predicted molar refractivity (Wildman–Crippen MR) is 41.8 cm³/mol. The molecular weight excluding hydrogens is 156 g/mol. The zero-order valence-electron chi connectivity index (χ0n) is 6.06. The van der Waals surface area contributed by atoms with Crippen molar-refractivity contribution in [3.05, 3.63) is 23.2 Å². The van der Waals surface area contributed by atoms with Crippen molar-refractivity contribution >= 4 is 11.9 Å². The first-order valence-corrected chi connectivity index (χ1v) is 3.54. The van der Waals surface area contributed by atoms with E-state index in [-0.39, 0.29) is 0 Å². The SMILES string of the molecule is C1=NN=C2COC3=CN=NC3=C12. The number of ether oxygens (including phenoxy) is 1. The van der Waals surface area contributed by atoms with Crippen LogP contribution in [0.15, 0.2) is 43.7 Å². The Morgan fingerprint density at radius 1 is 1.42 bits per heavy atom. The minimum atomic E-state index is 0.468. The molecule has 0 radical (unpaired) electrons. The van der Waals surface area contributed by atoms with Crippen LogP contribution in [0.2, 0.25) is 0 Å². The molecule has 3 aliphatic heterocycles. The molecule has 5 heteroatoms. The van der Waals surface area contributed by atoms with Gasteiger partial charge in [-0.1, -0.05) is 0 Å². The molecule has 0 saturated carbocycles. The van der Waals surface area contributed by atoms with Gasteiger partial charge < -0.3 is 4.74 Å². The fraction of sp³-hybridized carbons (Fsp3) is 0.143. The van der Waals surface area contributed by atoms with Gasteiger partial charge in [0.25, 0.3) is 0 Å². The highest BCUT2D eigenvalue weighted by Crippen LogP contribution is 2.29. The van der Waals surface area contributed by atoms with E-state index in [1.807, 2.05) is 0 Å². The summed E-state index contributed by atoms with van der Waals surface area (Å²) in [6.07, 6.45) is 3.29. The number of hydrogen-bond donors (Lipinski definition) is 0. The van der Waals surface area contributed by atoms with Crippen LogP contribution < -0.4 is 0 Å². The van der Waals surface area contributed by atoms with Crippen LogP contribution in [0.4, 0.5) is 0 Å². The van der Waals surface area contributed by atoms with Crippen LogP contribution >= 0.6 is 0 Å². The number of fused-ring (bicyclic) bond motifs is 2. The summed E-state index contributed by atoms with van der Waals surface area (Å²) >= 11 is 0. The molecule has 0 aromatic rings. The summed E-state index contributed by atoms with van der Waals surface area (Å²) in [6, 6.07) is 0. The molecule has 0 spiro atoms. The van der Waals surface area contributed by atoms with Crippen LogP contribution in [0.3, 0.4) is 0 Å². The second-order valence-electron chi connectivity index (χ2n) is 2.55. The van der Waals surface area contributed by atoms with Crippen LogP contribution in [0.25, 0.3) is 0 Å². The van der Waals surface area contributed by atoms with E-state index in [4.69, 9.17) is 4.74 Å². The Bertz CT molecular complexity index is 362. The molecular formula is C7H4N4O. The van der Waals surface area contributed by atoms with Crippen molar-refractivity contribution in [3.63, 3.8) is 0 Å². The van der Waals surface area contributed by atoms with Gasteiger partial charge in [-0.15, -0.1) is 5.11 Å². The Labute approximate surface area is 67.9 Å². The molecule has 0 N–H and O–H groups in total. The fourth-order valence-corrected chi connectivity index (χ4v) is 1.28. The maximum Gasteiger partial charge on any atom is 0.168 e. The standard InChI is InChI=1S/C7H4N4O/c1-4-5(10-8-1)3-12-6-2-9-11-7(4)6/h1-2H,3H2. The lowest BCUT2D eigenvalue weighted by molar-refractivity contribution is 0.264. The Kier molecular flexibility index (Phi) is 0.910. The highest BCUT2D eigenvalue weighted by molar-refractivity contribution is 6.20. The van der Waals surface area contributed by atoms with E-state index < -0.39 is 0 Å². The van der Waals surface area contributed by atoms with Gasteiger partial charge in [-0.05, 0) is 0 Å². The van der Waals surface area contributed by atoms with Crippen molar-refractivity contribution in [1.29, 1.82) is 0 Å². The predicted octanol–water partition coefficient (Wildman–Crippen LogP) is 1.02. The zero-order chi connectivity index (χ0) is 7.97. The number of nitrogens with zero attached hydrogens (tertiary/aromatic N) is 4. The first-order valence-electron chi connectivity index (χ1n) is 3.54. The van der Waals surface area contributed by atoms with Crippen molar-refractivity contribution in [2.45, 2.75) is 0 Å². The molecule has 0 amide bonds. The number of azo groups is 1. The molecule has 0 unspecified atom stereocenters. The lowest BCUT2D eigenvalue weighted by atomic mass is 10.1. The molecule has 0 aromatic heterocycles. The normalized spacial score (nSPS) is 23.3. The monoisotopic (exact) mass is 160 g/mol. The van der Waals surface area contributed by atoms with Crippen LogP contribution in [-0.4, -0.2) is 18.5 Å². The molecule has 12 heavy (non-hydrogen) atoms. The Morgan fingerprint density at radius 2 is 2.42 bits per heavy atom. The summed E-state index contributed by atoms with van der Waals surface area (Å²) in [5.41, 5.74) is 2.53. The summed E-state index contributed by atoms with van der Waals surface area (Å²) in [4.78, 5) is 0. The summed E-state index contributed by atoms with van der Waals surface area (Å²) in [5.74, 6) is 0.720. The van der Waals surface area contributed by atoms with E-state index in [0.29, 0.717) is 6.61 Å². The van der Waals surface area contributed by atoms with Crippen molar-refractivity contribution in [1.82, 2.24) is 0 Å². The van der Waals surface area contributed by atoms with Crippen LogP contribution in [0, 0.1) is 0 Å². The lowest BCUT2D eigenvalue weighted by Crippen LogP contribution is -2.17. The number of rotatable bonds is 0. The highest BCUT2D eigenvalue weighted by Gasteiger charge is 2.27. The maximum atomic E-state index is 5.32. The summed E-state index contributed by atoms with van der Waals surface area (Å²) in [7, 11) is 0. The van der Waals surface area contributed by atoms with Crippen LogP contribution in [0.1, 0.15) is 0 Å². The molecule has 3 heterocycles. The molecule has 0 aliphatic carbocycles. The smallest absolute Gasteiger partial charge is 0.168 e. The molecule has 3 rings (SSSR count). The van der Waals surface area contributed by atoms with E-state index >= 15 is 0 Å². The van der Waals surface area contributed by atoms with Crippen LogP contribution in [-0.2, 0) is 4.74 Å². The molecule has 0 saturated heterocycles. The molecule has 0 fully saturated rings.